The molecule has 0 radical (unpaired) electrons. The van der Waals surface area contributed by atoms with Crippen molar-refractivity contribution in [2.24, 2.45) is 5.92 Å². The van der Waals surface area contributed by atoms with Crippen LogP contribution in [0.4, 0.5) is 13.2 Å². The second-order valence-corrected chi connectivity index (χ2v) is 6.23. The molecule has 1 aromatic rings. The molecule has 0 aliphatic heterocycles. The summed E-state index contributed by atoms with van der Waals surface area (Å²) in [4.78, 5) is 23.5. The van der Waals surface area contributed by atoms with Crippen LogP contribution in [-0.2, 0) is 11.0 Å². The molecule has 23 heavy (non-hydrogen) atoms. The van der Waals surface area contributed by atoms with Gasteiger partial charge in [0.15, 0.2) is 0 Å². The Morgan fingerprint density at radius 1 is 1.17 bits per heavy atom. The van der Waals surface area contributed by atoms with Crippen molar-refractivity contribution in [3.05, 3.63) is 34.3 Å². The standard InChI is InChI=1S/C16H17ClF3NO2/c1-9(22)10-2-5-12(6-3-10)21-15(23)13-8-11(16(18,19)20)4-7-14(13)17/h4,7-8,10,12H,2-3,5-6H2,1H3,(H,21,23)/t10-,12-. The lowest BCUT2D eigenvalue weighted by Crippen LogP contribution is -2.38. The number of carbonyl (C=O) groups is 2. The number of halogens is 4. The number of nitrogens with one attached hydrogen (secondary N) is 1. The van der Waals surface area contributed by atoms with E-state index in [1.807, 2.05) is 0 Å². The van der Waals surface area contributed by atoms with Crippen LogP contribution in [0.3, 0.4) is 0 Å². The van der Waals surface area contributed by atoms with Gasteiger partial charge in [0.25, 0.3) is 5.91 Å². The Morgan fingerprint density at radius 2 is 1.78 bits per heavy atom. The maximum atomic E-state index is 12.7. The number of alkyl halides is 3. The van der Waals surface area contributed by atoms with Gasteiger partial charge in [0.1, 0.15) is 5.78 Å². The molecule has 1 amide bonds. The van der Waals surface area contributed by atoms with Gasteiger partial charge in [0.05, 0.1) is 16.1 Å². The van der Waals surface area contributed by atoms with Crippen molar-refractivity contribution in [3.63, 3.8) is 0 Å². The van der Waals surface area contributed by atoms with Gasteiger partial charge < -0.3 is 5.32 Å². The molecule has 0 saturated heterocycles. The average Bonchev–Trinajstić information content (AvgIpc) is 2.46. The van der Waals surface area contributed by atoms with E-state index in [0.29, 0.717) is 25.7 Å². The molecular weight excluding hydrogens is 331 g/mol. The van der Waals surface area contributed by atoms with E-state index in [-0.39, 0.29) is 28.3 Å². The van der Waals surface area contributed by atoms with Crippen LogP contribution in [0.2, 0.25) is 5.02 Å². The van der Waals surface area contributed by atoms with E-state index in [1.54, 1.807) is 6.92 Å². The van der Waals surface area contributed by atoms with Gasteiger partial charge in [-0.1, -0.05) is 11.6 Å². The molecule has 0 spiro atoms. The maximum Gasteiger partial charge on any atom is 0.416 e. The summed E-state index contributed by atoms with van der Waals surface area (Å²) >= 11 is 5.85. The molecule has 7 heteroatoms. The minimum absolute atomic E-state index is 0.0142. The number of rotatable bonds is 3. The summed E-state index contributed by atoms with van der Waals surface area (Å²) in [5.74, 6) is -0.469. The SMILES string of the molecule is CC(=O)[C@H]1CC[C@H](NC(=O)c2cc(C(F)(F)F)ccc2Cl)CC1. The second kappa shape index (κ2) is 6.91. The van der Waals surface area contributed by atoms with E-state index < -0.39 is 17.6 Å². The summed E-state index contributed by atoms with van der Waals surface area (Å²) in [5.41, 5.74) is -1.09. The average molecular weight is 348 g/mol. The molecule has 126 valence electrons. The van der Waals surface area contributed by atoms with Gasteiger partial charge >= 0.3 is 6.18 Å². The Hall–Kier alpha value is -1.56. The van der Waals surface area contributed by atoms with Crippen molar-refractivity contribution >= 4 is 23.3 Å². The van der Waals surface area contributed by atoms with Crippen LogP contribution >= 0.6 is 11.6 Å². The first-order valence-electron chi connectivity index (χ1n) is 7.36. The van der Waals surface area contributed by atoms with Crippen LogP contribution in [0.1, 0.15) is 48.5 Å². The molecule has 1 fully saturated rings. The number of hydrogen-bond acceptors (Lipinski definition) is 2. The predicted molar refractivity (Wildman–Crippen MR) is 80.3 cm³/mol. The predicted octanol–water partition coefficient (Wildman–Crippen LogP) is 4.24. The van der Waals surface area contributed by atoms with E-state index in [1.165, 1.54) is 0 Å². The highest BCUT2D eigenvalue weighted by Crippen LogP contribution is 2.32. The smallest absolute Gasteiger partial charge is 0.349 e. The highest BCUT2D eigenvalue weighted by atomic mass is 35.5. The fourth-order valence-corrected chi connectivity index (χ4v) is 2.99. The number of Topliss-reactive ketones (excluding diaryl/α,β-unsaturated/α-hetero) is 1. The minimum Gasteiger partial charge on any atom is -0.349 e. The summed E-state index contributed by atoms with van der Waals surface area (Å²) in [5, 5.41) is 2.69. The molecule has 0 unspecified atom stereocenters. The lowest BCUT2D eigenvalue weighted by Gasteiger charge is -2.27. The molecular formula is C16H17ClF3NO2. The monoisotopic (exact) mass is 347 g/mol. The van der Waals surface area contributed by atoms with Gasteiger partial charge in [-0.25, -0.2) is 0 Å². The lowest BCUT2D eigenvalue weighted by molar-refractivity contribution is -0.137. The second-order valence-electron chi connectivity index (χ2n) is 5.83. The third-order valence-electron chi connectivity index (χ3n) is 4.18. The Labute approximate surface area is 137 Å². The molecule has 1 aliphatic rings. The van der Waals surface area contributed by atoms with Crippen molar-refractivity contribution in [2.45, 2.75) is 44.8 Å². The molecule has 0 bridgehead atoms. The van der Waals surface area contributed by atoms with E-state index >= 15 is 0 Å². The van der Waals surface area contributed by atoms with Gasteiger partial charge in [-0.05, 0) is 50.8 Å². The van der Waals surface area contributed by atoms with Crippen LogP contribution in [-0.4, -0.2) is 17.7 Å². The highest BCUT2D eigenvalue weighted by molar-refractivity contribution is 6.33. The van der Waals surface area contributed by atoms with Crippen molar-refractivity contribution < 1.29 is 22.8 Å². The highest BCUT2D eigenvalue weighted by Gasteiger charge is 2.32. The Morgan fingerprint density at radius 3 is 2.30 bits per heavy atom. The third kappa shape index (κ3) is 4.47. The van der Waals surface area contributed by atoms with E-state index in [2.05, 4.69) is 5.32 Å². The van der Waals surface area contributed by atoms with Gasteiger partial charge in [0.2, 0.25) is 0 Å². The zero-order valence-corrected chi connectivity index (χ0v) is 13.3. The summed E-state index contributed by atoms with van der Waals surface area (Å²) in [6, 6.07) is 2.53. The zero-order chi connectivity index (χ0) is 17.2. The van der Waals surface area contributed by atoms with Crippen LogP contribution in [0, 0.1) is 5.92 Å². The first-order chi connectivity index (χ1) is 10.7. The van der Waals surface area contributed by atoms with Gasteiger partial charge in [-0.3, -0.25) is 9.59 Å². The molecule has 2 rings (SSSR count). The first kappa shape index (κ1) is 17.8. The zero-order valence-electron chi connectivity index (χ0n) is 12.5. The number of carbonyl (C=O) groups excluding carboxylic acids is 2. The molecule has 1 aliphatic carbocycles. The summed E-state index contributed by atoms with van der Waals surface area (Å²) in [6.07, 6.45) is -1.91. The first-order valence-corrected chi connectivity index (χ1v) is 7.74. The van der Waals surface area contributed by atoms with E-state index in [9.17, 15) is 22.8 Å². The number of hydrogen-bond donors (Lipinski definition) is 1. The van der Waals surface area contributed by atoms with Crippen LogP contribution in [0.15, 0.2) is 18.2 Å². The Kier molecular flexibility index (Phi) is 5.34. The van der Waals surface area contributed by atoms with Gasteiger partial charge in [-0.2, -0.15) is 13.2 Å². The maximum absolute atomic E-state index is 12.7. The fourth-order valence-electron chi connectivity index (χ4n) is 2.78. The van der Waals surface area contributed by atoms with Crippen molar-refractivity contribution in [1.82, 2.24) is 5.32 Å². The minimum atomic E-state index is -4.53. The van der Waals surface area contributed by atoms with Crippen molar-refractivity contribution in [1.29, 1.82) is 0 Å². The van der Waals surface area contributed by atoms with Crippen LogP contribution < -0.4 is 5.32 Å². The van der Waals surface area contributed by atoms with Crippen molar-refractivity contribution in [2.75, 3.05) is 0 Å². The molecule has 0 aromatic heterocycles. The largest absolute Gasteiger partial charge is 0.416 e. The molecule has 3 nitrogen and oxygen atoms in total. The molecule has 1 saturated carbocycles. The van der Waals surface area contributed by atoms with Gasteiger partial charge in [0, 0.05) is 12.0 Å². The number of amides is 1. The Bertz CT molecular complexity index is 608. The summed E-state index contributed by atoms with van der Waals surface area (Å²) < 4.78 is 38.2. The van der Waals surface area contributed by atoms with Crippen LogP contribution in [0.25, 0.3) is 0 Å². The Balaban J connectivity index is 2.05. The topological polar surface area (TPSA) is 46.2 Å². The molecule has 1 aromatic carbocycles. The summed E-state index contributed by atoms with van der Waals surface area (Å²) in [7, 11) is 0. The lowest BCUT2D eigenvalue weighted by atomic mass is 9.84. The van der Waals surface area contributed by atoms with Crippen LogP contribution in [0.5, 0.6) is 0 Å². The van der Waals surface area contributed by atoms with Crippen molar-refractivity contribution in [3.8, 4) is 0 Å². The third-order valence-corrected chi connectivity index (χ3v) is 4.51. The molecule has 0 heterocycles. The van der Waals surface area contributed by atoms with E-state index in [0.717, 1.165) is 18.2 Å². The molecule has 0 atom stereocenters. The number of ketones is 1. The summed E-state index contributed by atoms with van der Waals surface area (Å²) in [6.45, 7) is 1.55. The normalized spacial score (nSPS) is 21.8. The van der Waals surface area contributed by atoms with Gasteiger partial charge in [-0.15, -0.1) is 0 Å². The number of benzene rings is 1. The fraction of sp³-hybridized carbons (Fsp3) is 0.500. The van der Waals surface area contributed by atoms with E-state index in [4.69, 9.17) is 11.6 Å². The quantitative estimate of drug-likeness (QED) is 0.889. The molecule has 1 N–H and O–H groups in total.